The molecule has 2 heterocycles. The SMILES string of the molecule is CC.CCc1cn2cc(C)cnc2n1. The van der Waals surface area contributed by atoms with E-state index in [1.807, 2.05) is 43.8 Å². The van der Waals surface area contributed by atoms with Gasteiger partial charge in [0.05, 0.1) is 5.69 Å². The second kappa shape index (κ2) is 4.74. The van der Waals surface area contributed by atoms with Crippen molar-refractivity contribution < 1.29 is 0 Å². The molecule has 0 amide bonds. The van der Waals surface area contributed by atoms with Gasteiger partial charge in [-0.3, -0.25) is 4.40 Å². The van der Waals surface area contributed by atoms with Crippen molar-refractivity contribution in [2.75, 3.05) is 0 Å². The molecule has 14 heavy (non-hydrogen) atoms. The number of aryl methyl sites for hydroxylation is 2. The molecule has 0 fully saturated rings. The third-order valence-corrected chi connectivity index (χ3v) is 1.85. The van der Waals surface area contributed by atoms with Crippen LogP contribution >= 0.6 is 0 Å². The lowest BCUT2D eigenvalue weighted by Crippen LogP contribution is -1.87. The molecule has 2 aromatic rings. The van der Waals surface area contributed by atoms with Gasteiger partial charge < -0.3 is 0 Å². The standard InChI is InChI=1S/C9H11N3.C2H6/c1-3-8-6-12-5-7(2)4-10-9(12)11-8;1-2/h4-6H,3H2,1-2H3;1-2H3. The average molecular weight is 191 g/mol. The summed E-state index contributed by atoms with van der Waals surface area (Å²) in [5.41, 5.74) is 2.25. The molecule has 0 radical (unpaired) electrons. The smallest absolute Gasteiger partial charge is 0.233 e. The minimum atomic E-state index is 0.789. The first-order chi connectivity index (χ1) is 6.79. The van der Waals surface area contributed by atoms with Crippen molar-refractivity contribution in [3.05, 3.63) is 29.8 Å². The number of fused-ring (bicyclic) bond motifs is 1. The van der Waals surface area contributed by atoms with Crippen molar-refractivity contribution in [2.45, 2.75) is 34.1 Å². The molecule has 0 N–H and O–H groups in total. The van der Waals surface area contributed by atoms with Crippen LogP contribution in [-0.4, -0.2) is 14.4 Å². The van der Waals surface area contributed by atoms with Gasteiger partial charge in [0.25, 0.3) is 0 Å². The number of nitrogens with zero attached hydrogens (tertiary/aromatic N) is 3. The Morgan fingerprint density at radius 3 is 2.64 bits per heavy atom. The zero-order valence-corrected chi connectivity index (χ0v) is 9.28. The molecule has 2 aromatic heterocycles. The van der Waals surface area contributed by atoms with Crippen molar-refractivity contribution in [2.24, 2.45) is 0 Å². The van der Waals surface area contributed by atoms with Crippen LogP contribution in [0.4, 0.5) is 0 Å². The summed E-state index contributed by atoms with van der Waals surface area (Å²) in [6.45, 7) is 8.12. The van der Waals surface area contributed by atoms with E-state index in [4.69, 9.17) is 0 Å². The second-order valence-corrected chi connectivity index (χ2v) is 2.92. The average Bonchev–Trinajstić information content (AvgIpc) is 2.62. The molecule has 0 aromatic carbocycles. The van der Waals surface area contributed by atoms with Crippen LogP contribution in [0.2, 0.25) is 0 Å². The number of aromatic nitrogens is 3. The van der Waals surface area contributed by atoms with E-state index in [0.29, 0.717) is 0 Å². The van der Waals surface area contributed by atoms with Gasteiger partial charge in [0.1, 0.15) is 0 Å². The number of hydrogen-bond donors (Lipinski definition) is 0. The van der Waals surface area contributed by atoms with Gasteiger partial charge in [-0.25, -0.2) is 9.97 Å². The molecular weight excluding hydrogens is 174 g/mol. The molecule has 2 rings (SSSR count). The molecule has 0 aliphatic carbocycles. The number of imidazole rings is 1. The lowest BCUT2D eigenvalue weighted by atomic mass is 10.4. The predicted octanol–water partition coefficient (Wildman–Crippen LogP) is 2.63. The van der Waals surface area contributed by atoms with Crippen LogP contribution in [0.15, 0.2) is 18.6 Å². The number of hydrogen-bond acceptors (Lipinski definition) is 2. The fraction of sp³-hybridized carbons (Fsp3) is 0.455. The van der Waals surface area contributed by atoms with Crippen LogP contribution in [0.25, 0.3) is 5.78 Å². The van der Waals surface area contributed by atoms with Crippen molar-refractivity contribution in [3.8, 4) is 0 Å². The third kappa shape index (κ3) is 2.10. The van der Waals surface area contributed by atoms with Crippen LogP contribution in [0, 0.1) is 6.92 Å². The Kier molecular flexibility index (Phi) is 3.63. The Hall–Kier alpha value is -1.38. The minimum absolute atomic E-state index is 0.789. The summed E-state index contributed by atoms with van der Waals surface area (Å²) in [6, 6.07) is 0. The van der Waals surface area contributed by atoms with Gasteiger partial charge in [0, 0.05) is 18.6 Å². The van der Waals surface area contributed by atoms with E-state index in [2.05, 4.69) is 16.9 Å². The van der Waals surface area contributed by atoms with Gasteiger partial charge in [-0.1, -0.05) is 20.8 Å². The normalized spacial score (nSPS) is 9.71. The second-order valence-electron chi connectivity index (χ2n) is 2.92. The van der Waals surface area contributed by atoms with E-state index in [1.165, 1.54) is 0 Å². The van der Waals surface area contributed by atoms with E-state index >= 15 is 0 Å². The van der Waals surface area contributed by atoms with Crippen LogP contribution in [-0.2, 0) is 6.42 Å². The highest BCUT2D eigenvalue weighted by molar-refractivity contribution is 5.31. The van der Waals surface area contributed by atoms with Gasteiger partial charge in [0.2, 0.25) is 5.78 Å². The first kappa shape index (κ1) is 10.7. The molecule has 0 atom stereocenters. The maximum Gasteiger partial charge on any atom is 0.233 e. The lowest BCUT2D eigenvalue weighted by molar-refractivity contribution is 1.07. The summed E-state index contributed by atoms with van der Waals surface area (Å²) >= 11 is 0. The summed E-state index contributed by atoms with van der Waals surface area (Å²) in [4.78, 5) is 8.53. The summed E-state index contributed by atoms with van der Waals surface area (Å²) in [7, 11) is 0. The molecule has 0 aliphatic rings. The molecule has 3 nitrogen and oxygen atoms in total. The monoisotopic (exact) mass is 191 g/mol. The molecule has 0 unspecified atom stereocenters. The summed E-state index contributed by atoms with van der Waals surface area (Å²) in [6.07, 6.45) is 6.86. The summed E-state index contributed by atoms with van der Waals surface area (Å²) in [5.74, 6) is 0.789. The first-order valence-corrected chi connectivity index (χ1v) is 5.10. The number of rotatable bonds is 1. The zero-order chi connectivity index (χ0) is 10.6. The van der Waals surface area contributed by atoms with Crippen LogP contribution < -0.4 is 0 Å². The Morgan fingerprint density at radius 2 is 2.00 bits per heavy atom. The molecule has 0 aliphatic heterocycles. The molecule has 76 valence electrons. The van der Waals surface area contributed by atoms with Crippen molar-refractivity contribution in [1.82, 2.24) is 14.4 Å². The molecular formula is C11H17N3. The summed E-state index contributed by atoms with van der Waals surface area (Å²) < 4.78 is 1.97. The predicted molar refractivity (Wildman–Crippen MR) is 58.5 cm³/mol. The Bertz CT molecular complexity index is 404. The largest absolute Gasteiger partial charge is 0.291 e. The highest BCUT2D eigenvalue weighted by Crippen LogP contribution is 2.03. The quantitative estimate of drug-likeness (QED) is 0.693. The minimum Gasteiger partial charge on any atom is -0.291 e. The van der Waals surface area contributed by atoms with E-state index in [-0.39, 0.29) is 0 Å². The zero-order valence-electron chi connectivity index (χ0n) is 9.28. The molecule has 0 bridgehead atoms. The Balaban J connectivity index is 0.000000461. The molecule has 0 saturated heterocycles. The van der Waals surface area contributed by atoms with Gasteiger partial charge in [-0.15, -0.1) is 0 Å². The fourth-order valence-corrected chi connectivity index (χ4v) is 1.21. The van der Waals surface area contributed by atoms with Gasteiger partial charge in [-0.05, 0) is 18.9 Å². The summed E-state index contributed by atoms with van der Waals surface area (Å²) in [5, 5.41) is 0. The lowest BCUT2D eigenvalue weighted by Gasteiger charge is -1.91. The van der Waals surface area contributed by atoms with E-state index in [1.54, 1.807) is 0 Å². The first-order valence-electron chi connectivity index (χ1n) is 5.10. The third-order valence-electron chi connectivity index (χ3n) is 1.85. The molecule has 3 heteroatoms. The fourth-order valence-electron chi connectivity index (χ4n) is 1.21. The van der Waals surface area contributed by atoms with E-state index in [0.717, 1.165) is 23.5 Å². The maximum atomic E-state index is 4.32. The van der Waals surface area contributed by atoms with E-state index < -0.39 is 0 Å². The van der Waals surface area contributed by atoms with Crippen LogP contribution in [0.5, 0.6) is 0 Å². The Morgan fingerprint density at radius 1 is 1.29 bits per heavy atom. The topological polar surface area (TPSA) is 30.2 Å². The maximum absolute atomic E-state index is 4.32. The highest BCUT2D eigenvalue weighted by atomic mass is 15.1. The van der Waals surface area contributed by atoms with E-state index in [9.17, 15) is 0 Å². The van der Waals surface area contributed by atoms with Crippen LogP contribution in [0.1, 0.15) is 32.0 Å². The van der Waals surface area contributed by atoms with Crippen molar-refractivity contribution in [3.63, 3.8) is 0 Å². The van der Waals surface area contributed by atoms with Gasteiger partial charge in [-0.2, -0.15) is 0 Å². The van der Waals surface area contributed by atoms with Crippen molar-refractivity contribution in [1.29, 1.82) is 0 Å². The Labute approximate surface area is 84.8 Å². The highest BCUT2D eigenvalue weighted by Gasteiger charge is 1.99. The molecule has 0 saturated carbocycles. The van der Waals surface area contributed by atoms with Crippen LogP contribution in [0.3, 0.4) is 0 Å². The van der Waals surface area contributed by atoms with Crippen molar-refractivity contribution >= 4 is 5.78 Å². The molecule has 0 spiro atoms. The van der Waals surface area contributed by atoms with Gasteiger partial charge >= 0.3 is 0 Å². The van der Waals surface area contributed by atoms with Gasteiger partial charge in [0.15, 0.2) is 0 Å².